The molecule has 4 rings (SSSR count). The third kappa shape index (κ3) is 5.13. The van der Waals surface area contributed by atoms with Gasteiger partial charge in [-0.05, 0) is 67.7 Å². The van der Waals surface area contributed by atoms with Gasteiger partial charge in [0.2, 0.25) is 11.8 Å². The van der Waals surface area contributed by atoms with Gasteiger partial charge in [0.25, 0.3) is 0 Å². The van der Waals surface area contributed by atoms with Crippen molar-refractivity contribution in [3.63, 3.8) is 0 Å². The number of likely N-dealkylation sites (tertiary alicyclic amines) is 2. The lowest BCUT2D eigenvalue weighted by Crippen LogP contribution is -2.46. The summed E-state index contributed by atoms with van der Waals surface area (Å²) in [6.45, 7) is 2.82. The molecule has 0 aliphatic carbocycles. The molecule has 2 aliphatic rings. The van der Waals surface area contributed by atoms with Crippen molar-refractivity contribution in [2.75, 3.05) is 26.7 Å². The zero-order valence-corrected chi connectivity index (χ0v) is 20.2. The van der Waals surface area contributed by atoms with Crippen molar-refractivity contribution >= 4 is 35.0 Å². The molecule has 176 valence electrons. The first kappa shape index (κ1) is 23.9. The molecule has 2 aromatic rings. The van der Waals surface area contributed by atoms with Crippen molar-refractivity contribution in [1.29, 1.82) is 0 Å². The predicted molar refractivity (Wildman–Crippen MR) is 129 cm³/mol. The monoisotopic (exact) mass is 489 g/mol. The Labute approximate surface area is 204 Å². The lowest BCUT2D eigenvalue weighted by molar-refractivity contribution is -0.139. The molecule has 2 saturated heterocycles. The molecular weight excluding hydrogens is 461 g/mol. The minimum absolute atomic E-state index is 0.179. The zero-order valence-electron chi connectivity index (χ0n) is 18.7. The van der Waals surface area contributed by atoms with Gasteiger partial charge in [-0.3, -0.25) is 14.5 Å². The maximum atomic E-state index is 13.4. The van der Waals surface area contributed by atoms with Crippen molar-refractivity contribution in [3.05, 3.63) is 63.6 Å². The summed E-state index contributed by atoms with van der Waals surface area (Å²) in [5.74, 6) is 0.677. The molecular formula is C25H29Cl2N3O3. The fourth-order valence-corrected chi connectivity index (χ4v) is 5.40. The normalized spacial score (nSPS) is 19.1. The van der Waals surface area contributed by atoms with Crippen molar-refractivity contribution in [1.82, 2.24) is 9.80 Å². The summed E-state index contributed by atoms with van der Waals surface area (Å²) >= 11 is 12.3. The number of primary amides is 1. The van der Waals surface area contributed by atoms with Gasteiger partial charge >= 0.3 is 0 Å². The quantitative estimate of drug-likeness (QED) is 0.623. The minimum Gasteiger partial charge on any atom is -0.497 e. The largest absolute Gasteiger partial charge is 0.497 e. The van der Waals surface area contributed by atoms with Gasteiger partial charge in [0.15, 0.2) is 0 Å². The Balaban J connectivity index is 1.43. The van der Waals surface area contributed by atoms with Crippen LogP contribution in [-0.2, 0) is 16.1 Å². The van der Waals surface area contributed by atoms with Gasteiger partial charge < -0.3 is 15.4 Å². The number of carbonyl (C=O) groups excluding carboxylic acids is 2. The number of piperidine rings is 1. The first-order valence-corrected chi connectivity index (χ1v) is 12.0. The van der Waals surface area contributed by atoms with Crippen LogP contribution in [0.25, 0.3) is 0 Å². The molecule has 33 heavy (non-hydrogen) atoms. The van der Waals surface area contributed by atoms with Crippen LogP contribution >= 0.6 is 23.2 Å². The van der Waals surface area contributed by atoms with Crippen LogP contribution in [0.3, 0.4) is 0 Å². The minimum atomic E-state index is -0.367. The van der Waals surface area contributed by atoms with Gasteiger partial charge in [0.1, 0.15) is 5.75 Å². The Morgan fingerprint density at radius 3 is 2.33 bits per heavy atom. The number of halogens is 2. The van der Waals surface area contributed by atoms with Gasteiger partial charge in [0.05, 0.1) is 22.6 Å². The van der Waals surface area contributed by atoms with Crippen molar-refractivity contribution in [2.24, 2.45) is 11.1 Å². The molecule has 6 nitrogen and oxygen atoms in total. The van der Waals surface area contributed by atoms with Crippen LogP contribution in [0.15, 0.2) is 42.5 Å². The molecule has 2 aromatic carbocycles. The highest BCUT2D eigenvalue weighted by molar-refractivity contribution is 6.42. The molecule has 2 aliphatic heterocycles. The van der Waals surface area contributed by atoms with Crippen LogP contribution in [0, 0.1) is 5.41 Å². The van der Waals surface area contributed by atoms with Crippen LogP contribution in [0.1, 0.15) is 42.9 Å². The van der Waals surface area contributed by atoms with Crippen molar-refractivity contribution in [2.45, 2.75) is 38.3 Å². The van der Waals surface area contributed by atoms with E-state index < -0.39 is 0 Å². The van der Waals surface area contributed by atoms with Crippen LogP contribution < -0.4 is 10.5 Å². The molecule has 0 aromatic heterocycles. The molecule has 2 amide bonds. The third-order valence-electron chi connectivity index (χ3n) is 7.05. The number of hydrogen-bond donors (Lipinski definition) is 1. The van der Waals surface area contributed by atoms with E-state index >= 15 is 0 Å². The van der Waals surface area contributed by atoms with Crippen LogP contribution in [0.5, 0.6) is 5.75 Å². The molecule has 2 N–H and O–H groups in total. The molecule has 1 unspecified atom stereocenters. The number of rotatable bonds is 7. The predicted octanol–water partition coefficient (Wildman–Crippen LogP) is 4.43. The smallest absolute Gasteiger partial charge is 0.229 e. The van der Waals surface area contributed by atoms with E-state index in [9.17, 15) is 9.59 Å². The average molecular weight is 490 g/mol. The number of nitrogens with zero attached hydrogens (tertiary/aromatic N) is 2. The Morgan fingerprint density at radius 1 is 1.06 bits per heavy atom. The van der Waals surface area contributed by atoms with Gasteiger partial charge in [-0.15, -0.1) is 0 Å². The Bertz CT molecular complexity index is 1020. The number of benzene rings is 2. The van der Waals surface area contributed by atoms with Gasteiger partial charge in [-0.25, -0.2) is 0 Å². The Kier molecular flexibility index (Phi) is 7.17. The Hall–Kier alpha value is -2.28. The van der Waals surface area contributed by atoms with E-state index in [1.807, 2.05) is 35.2 Å². The summed E-state index contributed by atoms with van der Waals surface area (Å²) in [4.78, 5) is 29.4. The van der Waals surface area contributed by atoms with E-state index in [4.69, 9.17) is 33.7 Å². The van der Waals surface area contributed by atoms with E-state index in [2.05, 4.69) is 4.90 Å². The van der Waals surface area contributed by atoms with E-state index in [0.717, 1.165) is 55.8 Å². The summed E-state index contributed by atoms with van der Waals surface area (Å²) in [5, 5.41) is 0.932. The van der Waals surface area contributed by atoms with E-state index in [1.54, 1.807) is 19.2 Å². The second-order valence-corrected chi connectivity index (χ2v) is 9.82. The molecule has 2 heterocycles. The molecule has 0 bridgehead atoms. The molecule has 8 heteroatoms. The van der Waals surface area contributed by atoms with Crippen LogP contribution in [-0.4, -0.2) is 48.4 Å². The summed E-state index contributed by atoms with van der Waals surface area (Å²) in [7, 11) is 1.64. The Morgan fingerprint density at radius 2 is 1.73 bits per heavy atom. The summed E-state index contributed by atoms with van der Waals surface area (Å²) < 4.78 is 5.22. The van der Waals surface area contributed by atoms with E-state index in [1.165, 1.54) is 0 Å². The topological polar surface area (TPSA) is 75.9 Å². The molecule has 1 spiro atoms. The fraction of sp³-hybridized carbons (Fsp3) is 0.440. The first-order chi connectivity index (χ1) is 15.8. The first-order valence-electron chi connectivity index (χ1n) is 11.2. The standard InChI is InChI=1S/C25H29Cl2N3O3/c1-33-19-5-2-17(3-6-19)16-30-13-10-25(24(30)32)8-11-29(12-9-25)22(15-23(28)31)18-4-7-20(26)21(27)14-18/h2-7,14,22H,8-13,15-16H2,1H3,(H2,28,31). The highest BCUT2D eigenvalue weighted by Gasteiger charge is 2.48. The summed E-state index contributed by atoms with van der Waals surface area (Å²) in [6, 6.07) is 13.1. The molecule has 0 saturated carbocycles. The average Bonchev–Trinajstić information content (AvgIpc) is 3.10. The van der Waals surface area contributed by atoms with Crippen molar-refractivity contribution < 1.29 is 14.3 Å². The molecule has 2 fully saturated rings. The lowest BCUT2D eigenvalue weighted by Gasteiger charge is -2.41. The van der Waals surface area contributed by atoms with E-state index in [0.29, 0.717) is 16.6 Å². The molecule has 1 atom stereocenters. The van der Waals surface area contributed by atoms with Crippen LogP contribution in [0.4, 0.5) is 0 Å². The fourth-order valence-electron chi connectivity index (χ4n) is 5.09. The lowest BCUT2D eigenvalue weighted by atomic mass is 9.76. The van der Waals surface area contributed by atoms with Crippen LogP contribution in [0.2, 0.25) is 10.0 Å². The van der Waals surface area contributed by atoms with Gasteiger partial charge in [0, 0.05) is 25.6 Å². The van der Waals surface area contributed by atoms with E-state index in [-0.39, 0.29) is 29.7 Å². The van der Waals surface area contributed by atoms with Gasteiger partial charge in [-0.1, -0.05) is 41.4 Å². The second kappa shape index (κ2) is 9.92. The zero-order chi connectivity index (χ0) is 23.6. The third-order valence-corrected chi connectivity index (χ3v) is 7.79. The molecule has 0 radical (unpaired) electrons. The number of amides is 2. The summed E-state index contributed by atoms with van der Waals surface area (Å²) in [5.41, 5.74) is 7.25. The highest BCUT2D eigenvalue weighted by atomic mass is 35.5. The van der Waals surface area contributed by atoms with Gasteiger partial charge in [-0.2, -0.15) is 0 Å². The second-order valence-electron chi connectivity index (χ2n) is 9.00. The number of hydrogen-bond acceptors (Lipinski definition) is 4. The maximum absolute atomic E-state index is 13.4. The van der Waals surface area contributed by atoms with Crippen molar-refractivity contribution in [3.8, 4) is 5.75 Å². The summed E-state index contributed by atoms with van der Waals surface area (Å²) in [6.07, 6.45) is 2.59. The maximum Gasteiger partial charge on any atom is 0.229 e. The number of methoxy groups -OCH3 is 1. The SMILES string of the molecule is COc1ccc(CN2CCC3(CCN(C(CC(N)=O)c4ccc(Cl)c(Cl)c4)CC3)C2=O)cc1. The number of nitrogens with two attached hydrogens (primary N) is 1. The highest BCUT2D eigenvalue weighted by Crippen LogP contribution is 2.44. The number of ether oxygens (including phenoxy) is 1. The number of carbonyl (C=O) groups is 2.